The third kappa shape index (κ3) is 4.44. The molecule has 2 aromatic heterocycles. The fourth-order valence-corrected chi connectivity index (χ4v) is 5.66. The van der Waals surface area contributed by atoms with Gasteiger partial charge >= 0.3 is 6.18 Å². The average Bonchev–Trinajstić information content (AvgIpc) is 3.42. The Morgan fingerprint density at radius 1 is 0.971 bits per heavy atom. The average molecular weight is 506 g/mol. The second-order valence-corrected chi connectivity index (χ2v) is 9.64. The summed E-state index contributed by atoms with van der Waals surface area (Å²) >= 11 is 0. The summed E-state index contributed by atoms with van der Waals surface area (Å²) in [5.74, 6) is 0.531. The number of hydrogen-bond donors (Lipinski definition) is 1. The largest absolute Gasteiger partial charge is 0.497 e. The number of benzene rings is 2. The molecule has 11 heteroatoms. The summed E-state index contributed by atoms with van der Waals surface area (Å²) in [6.07, 6.45) is -4.70. The van der Waals surface area contributed by atoms with Crippen molar-refractivity contribution in [1.82, 2.24) is 13.8 Å². The van der Waals surface area contributed by atoms with E-state index in [1.54, 1.807) is 50.2 Å². The van der Waals surface area contributed by atoms with Crippen molar-refractivity contribution in [3.05, 3.63) is 83.3 Å². The molecule has 0 aliphatic rings. The molecule has 0 aliphatic carbocycles. The molecule has 0 aliphatic heterocycles. The quantitative estimate of drug-likeness (QED) is 0.410. The van der Waals surface area contributed by atoms with Gasteiger partial charge in [0.2, 0.25) is 0 Å². The maximum absolute atomic E-state index is 13.5. The van der Waals surface area contributed by atoms with Crippen LogP contribution >= 0.6 is 0 Å². The Hall–Kier alpha value is -3.57. The smallest absolute Gasteiger partial charge is 0.435 e. The van der Waals surface area contributed by atoms with Crippen LogP contribution in [0.25, 0.3) is 16.9 Å². The van der Waals surface area contributed by atoms with Crippen molar-refractivity contribution in [2.45, 2.75) is 31.5 Å². The van der Waals surface area contributed by atoms with Crippen LogP contribution < -0.4 is 4.74 Å². The highest BCUT2D eigenvalue weighted by molar-refractivity contribution is 7.90. The van der Waals surface area contributed by atoms with Crippen LogP contribution in [0.15, 0.2) is 65.6 Å². The van der Waals surface area contributed by atoms with Crippen molar-refractivity contribution in [2.24, 2.45) is 0 Å². The molecule has 0 atom stereocenters. The molecule has 0 radical (unpaired) electrons. The second kappa shape index (κ2) is 8.90. The molecule has 4 rings (SSSR count). The van der Waals surface area contributed by atoms with Crippen LogP contribution in [0.1, 0.15) is 22.6 Å². The molecule has 0 saturated heterocycles. The molecule has 4 aromatic rings. The van der Waals surface area contributed by atoms with Crippen molar-refractivity contribution < 1.29 is 31.4 Å². The maximum Gasteiger partial charge on any atom is 0.435 e. The highest BCUT2D eigenvalue weighted by atomic mass is 32.2. The van der Waals surface area contributed by atoms with Gasteiger partial charge in [0.25, 0.3) is 10.0 Å². The van der Waals surface area contributed by atoms with E-state index in [0.717, 1.165) is 14.7 Å². The van der Waals surface area contributed by atoms with Gasteiger partial charge in [-0.15, -0.1) is 0 Å². The number of aliphatic hydroxyl groups is 1. The summed E-state index contributed by atoms with van der Waals surface area (Å²) in [6.45, 7) is 2.63. The van der Waals surface area contributed by atoms with Crippen LogP contribution in [0, 0.1) is 13.8 Å². The Balaban J connectivity index is 1.88. The monoisotopic (exact) mass is 505 g/mol. The van der Waals surface area contributed by atoms with Crippen LogP contribution in [0.3, 0.4) is 0 Å². The Labute approximate surface area is 200 Å². The molecule has 7 nitrogen and oxygen atoms in total. The second-order valence-electron chi connectivity index (χ2n) is 7.89. The molecule has 0 bridgehead atoms. The topological polar surface area (TPSA) is 86.4 Å². The minimum Gasteiger partial charge on any atom is -0.497 e. The first-order valence-electron chi connectivity index (χ1n) is 10.4. The van der Waals surface area contributed by atoms with Crippen molar-refractivity contribution in [2.75, 3.05) is 7.11 Å². The third-order valence-electron chi connectivity index (χ3n) is 5.57. The first kappa shape index (κ1) is 24.6. The number of methoxy groups -OCH3 is 1. The van der Waals surface area contributed by atoms with E-state index in [4.69, 9.17) is 4.74 Å². The minimum absolute atomic E-state index is 0.0275. The number of halogens is 3. The molecule has 0 spiro atoms. The number of alkyl halides is 3. The predicted molar refractivity (Wildman–Crippen MR) is 123 cm³/mol. The number of aryl methyl sites for hydroxylation is 2. The fourth-order valence-electron chi connectivity index (χ4n) is 3.89. The molecule has 35 heavy (non-hydrogen) atoms. The lowest BCUT2D eigenvalue weighted by Crippen LogP contribution is -2.18. The highest BCUT2D eigenvalue weighted by Gasteiger charge is 2.35. The van der Waals surface area contributed by atoms with Gasteiger partial charge in [-0.1, -0.05) is 0 Å². The van der Waals surface area contributed by atoms with E-state index in [1.807, 2.05) is 0 Å². The summed E-state index contributed by atoms with van der Waals surface area (Å²) in [7, 11) is -2.58. The molecule has 0 unspecified atom stereocenters. The molecular weight excluding hydrogens is 483 g/mol. The predicted octanol–water partition coefficient (Wildman–Crippen LogP) is 4.71. The maximum atomic E-state index is 13.5. The van der Waals surface area contributed by atoms with Crippen LogP contribution in [0.2, 0.25) is 0 Å². The first-order valence-corrected chi connectivity index (χ1v) is 11.9. The van der Waals surface area contributed by atoms with Crippen LogP contribution in [0.5, 0.6) is 5.75 Å². The zero-order valence-electron chi connectivity index (χ0n) is 19.0. The van der Waals surface area contributed by atoms with Gasteiger partial charge in [0.1, 0.15) is 5.75 Å². The number of nitrogens with zero attached hydrogens (tertiary/aromatic N) is 3. The molecule has 184 valence electrons. The normalized spacial score (nSPS) is 12.2. The molecule has 1 N–H and O–H groups in total. The van der Waals surface area contributed by atoms with Gasteiger partial charge < -0.3 is 9.84 Å². The molecule has 2 aromatic carbocycles. The summed E-state index contributed by atoms with van der Waals surface area (Å²) in [6, 6.07) is 14.6. The van der Waals surface area contributed by atoms with Gasteiger partial charge in [-0.05, 0) is 74.5 Å². The Morgan fingerprint density at radius 3 is 2.14 bits per heavy atom. The van der Waals surface area contributed by atoms with Crippen LogP contribution in [-0.4, -0.2) is 34.4 Å². The van der Waals surface area contributed by atoms with E-state index in [-0.39, 0.29) is 21.8 Å². The van der Waals surface area contributed by atoms with Crippen molar-refractivity contribution in [3.8, 4) is 22.7 Å². The lowest BCUT2D eigenvalue weighted by atomic mass is 10.1. The molecule has 2 heterocycles. The summed E-state index contributed by atoms with van der Waals surface area (Å²) in [4.78, 5) is -0.152. The van der Waals surface area contributed by atoms with Gasteiger partial charge in [0, 0.05) is 22.5 Å². The Kier molecular flexibility index (Phi) is 6.24. The van der Waals surface area contributed by atoms with Gasteiger partial charge in [-0.3, -0.25) is 0 Å². The van der Waals surface area contributed by atoms with E-state index in [2.05, 4.69) is 5.10 Å². The lowest BCUT2D eigenvalue weighted by Gasteiger charge is -2.15. The SMILES string of the molecule is COc1ccc(-c2cc(C(F)(F)F)nn2-c2ccc(S(=O)(=O)n3c(C)ccc3C)c(CO)c2)cc1. The molecule has 0 fully saturated rings. The van der Waals surface area contributed by atoms with E-state index < -0.39 is 28.5 Å². The summed E-state index contributed by atoms with van der Waals surface area (Å²) in [5.41, 5.74) is 0.628. The first-order chi connectivity index (χ1) is 16.5. The number of rotatable bonds is 6. The van der Waals surface area contributed by atoms with Crippen molar-refractivity contribution in [3.63, 3.8) is 0 Å². The van der Waals surface area contributed by atoms with E-state index in [0.29, 0.717) is 22.7 Å². The fraction of sp³-hybridized carbons (Fsp3) is 0.208. The Bertz CT molecular complexity index is 1470. The van der Waals surface area contributed by atoms with E-state index in [1.165, 1.54) is 25.3 Å². The standard InChI is InChI=1S/C24H22F3N3O4S/c1-15-4-5-16(2)30(15)35(32,33)22-11-8-19(12-18(22)14-31)29-21(13-23(28-29)24(25,26)27)17-6-9-20(34-3)10-7-17/h4-13,31H,14H2,1-3H3. The molecule has 0 saturated carbocycles. The number of hydrogen-bond acceptors (Lipinski definition) is 5. The Morgan fingerprint density at radius 2 is 1.60 bits per heavy atom. The lowest BCUT2D eigenvalue weighted by molar-refractivity contribution is -0.141. The highest BCUT2D eigenvalue weighted by Crippen LogP contribution is 2.34. The minimum atomic E-state index is -4.70. The van der Waals surface area contributed by atoms with Gasteiger partial charge in [-0.25, -0.2) is 17.1 Å². The number of aromatic nitrogens is 3. The third-order valence-corrected chi connectivity index (χ3v) is 7.58. The summed E-state index contributed by atoms with van der Waals surface area (Å²) < 4.78 is 74.5. The van der Waals surface area contributed by atoms with Crippen molar-refractivity contribution >= 4 is 10.0 Å². The zero-order chi connectivity index (χ0) is 25.5. The van der Waals surface area contributed by atoms with E-state index >= 15 is 0 Å². The van der Waals surface area contributed by atoms with Crippen LogP contribution in [-0.2, 0) is 22.8 Å². The van der Waals surface area contributed by atoms with E-state index in [9.17, 15) is 26.7 Å². The van der Waals surface area contributed by atoms with Gasteiger partial charge in [0.05, 0.1) is 30.0 Å². The van der Waals surface area contributed by atoms with Crippen molar-refractivity contribution in [1.29, 1.82) is 0 Å². The number of aliphatic hydroxyl groups excluding tert-OH is 1. The van der Waals surface area contributed by atoms with Gasteiger partial charge in [-0.2, -0.15) is 18.3 Å². The van der Waals surface area contributed by atoms with Crippen LogP contribution in [0.4, 0.5) is 13.2 Å². The zero-order valence-corrected chi connectivity index (χ0v) is 19.9. The molecule has 0 amide bonds. The van der Waals surface area contributed by atoms with Gasteiger partial charge in [0.15, 0.2) is 5.69 Å². The number of ether oxygens (including phenoxy) is 1. The summed E-state index contributed by atoms with van der Waals surface area (Å²) in [5, 5.41) is 13.7. The molecular formula is C24H22F3N3O4S.